The maximum Gasteiger partial charge on any atom is 0.0714 e. The van der Waals surface area contributed by atoms with Crippen molar-refractivity contribution in [3.8, 4) is 0 Å². The molecule has 2 saturated carbocycles. The molecule has 0 aromatic rings. The van der Waals surface area contributed by atoms with E-state index in [-0.39, 0.29) is 5.60 Å². The highest BCUT2D eigenvalue weighted by Crippen LogP contribution is 2.52. The van der Waals surface area contributed by atoms with Crippen LogP contribution in [-0.4, -0.2) is 25.4 Å². The summed E-state index contributed by atoms with van der Waals surface area (Å²) < 4.78 is 11.2. The first kappa shape index (κ1) is 9.47. The van der Waals surface area contributed by atoms with Gasteiger partial charge in [-0.3, -0.25) is 0 Å². The lowest BCUT2D eigenvalue weighted by atomic mass is 9.72. The van der Waals surface area contributed by atoms with Gasteiger partial charge in [-0.2, -0.15) is 0 Å². The fraction of sp³-hybridized carbons (Fsp3) is 0.909. The number of fused-ring (bicyclic) bond motifs is 1. The van der Waals surface area contributed by atoms with Crippen LogP contribution >= 0.6 is 0 Å². The molecular formula is C11H19O2. The zero-order valence-corrected chi connectivity index (χ0v) is 8.42. The Balaban J connectivity index is 1.68. The molecule has 2 atom stereocenters. The van der Waals surface area contributed by atoms with E-state index >= 15 is 0 Å². The van der Waals surface area contributed by atoms with Crippen molar-refractivity contribution in [2.24, 2.45) is 5.92 Å². The fourth-order valence-corrected chi connectivity index (χ4v) is 2.50. The lowest BCUT2D eigenvalue weighted by molar-refractivity contribution is -0.138. The number of hydrogen-bond donors (Lipinski definition) is 0. The van der Waals surface area contributed by atoms with Gasteiger partial charge in [0.25, 0.3) is 0 Å². The third-order valence-corrected chi connectivity index (χ3v) is 3.42. The molecule has 0 aromatic heterocycles. The van der Waals surface area contributed by atoms with Crippen molar-refractivity contribution >= 4 is 0 Å². The molecule has 0 spiro atoms. The van der Waals surface area contributed by atoms with Gasteiger partial charge in [0.15, 0.2) is 0 Å². The quantitative estimate of drug-likeness (QED) is 0.608. The van der Waals surface area contributed by atoms with Crippen molar-refractivity contribution in [1.29, 1.82) is 0 Å². The summed E-state index contributed by atoms with van der Waals surface area (Å²) in [5.41, 5.74) is 0.247. The molecule has 2 heteroatoms. The molecule has 0 aromatic carbocycles. The topological polar surface area (TPSA) is 18.5 Å². The van der Waals surface area contributed by atoms with Crippen LogP contribution in [0.1, 0.15) is 32.6 Å². The lowest BCUT2D eigenvalue weighted by Gasteiger charge is -2.44. The van der Waals surface area contributed by atoms with Gasteiger partial charge in [-0.1, -0.05) is 0 Å². The van der Waals surface area contributed by atoms with E-state index in [1.165, 1.54) is 25.7 Å². The summed E-state index contributed by atoms with van der Waals surface area (Å²) in [5, 5.41) is 0. The second kappa shape index (κ2) is 3.97. The summed E-state index contributed by atoms with van der Waals surface area (Å²) in [7, 11) is 0. The molecule has 0 saturated heterocycles. The Morgan fingerprint density at radius 1 is 1.46 bits per heavy atom. The molecule has 0 heterocycles. The Labute approximate surface area is 80.6 Å². The largest absolute Gasteiger partial charge is 0.379 e. The van der Waals surface area contributed by atoms with Crippen molar-refractivity contribution in [3.63, 3.8) is 0 Å². The lowest BCUT2D eigenvalue weighted by Crippen LogP contribution is -2.45. The van der Waals surface area contributed by atoms with Gasteiger partial charge in [0.05, 0.1) is 18.8 Å². The van der Waals surface area contributed by atoms with Gasteiger partial charge >= 0.3 is 0 Å². The van der Waals surface area contributed by atoms with Crippen molar-refractivity contribution in [2.75, 3.05) is 19.8 Å². The van der Waals surface area contributed by atoms with E-state index < -0.39 is 0 Å². The average molecular weight is 183 g/mol. The number of rotatable bonds is 5. The van der Waals surface area contributed by atoms with Gasteiger partial charge in [-0.05, 0) is 44.9 Å². The van der Waals surface area contributed by atoms with Crippen molar-refractivity contribution in [2.45, 2.75) is 38.2 Å². The third-order valence-electron chi connectivity index (χ3n) is 3.42. The molecule has 2 aliphatic rings. The highest BCUT2D eigenvalue weighted by Gasteiger charge is 2.50. The van der Waals surface area contributed by atoms with E-state index in [1.807, 2.05) is 6.92 Å². The Hall–Kier alpha value is -0.0800. The van der Waals surface area contributed by atoms with Crippen LogP contribution < -0.4 is 0 Å². The second-order valence-corrected chi connectivity index (χ2v) is 4.07. The maximum atomic E-state index is 5.94. The molecule has 2 aliphatic carbocycles. The Kier molecular flexibility index (Phi) is 2.89. The first-order valence-corrected chi connectivity index (χ1v) is 5.41. The van der Waals surface area contributed by atoms with Gasteiger partial charge in [0.1, 0.15) is 0 Å². The highest BCUT2D eigenvalue weighted by atomic mass is 16.5. The normalized spacial score (nSPS) is 37.2. The number of ether oxygens (including phenoxy) is 2. The van der Waals surface area contributed by atoms with Crippen molar-refractivity contribution in [3.05, 3.63) is 6.42 Å². The van der Waals surface area contributed by atoms with Crippen molar-refractivity contribution in [1.82, 2.24) is 0 Å². The molecule has 13 heavy (non-hydrogen) atoms. The zero-order valence-electron chi connectivity index (χ0n) is 8.42. The van der Waals surface area contributed by atoms with Crippen LogP contribution in [0.25, 0.3) is 0 Å². The highest BCUT2D eigenvalue weighted by molar-refractivity contribution is 5.08. The molecule has 0 aliphatic heterocycles. The molecule has 1 radical (unpaired) electrons. The van der Waals surface area contributed by atoms with Gasteiger partial charge in [-0.15, -0.1) is 0 Å². The van der Waals surface area contributed by atoms with Crippen LogP contribution in [0.15, 0.2) is 0 Å². The van der Waals surface area contributed by atoms with E-state index in [0.29, 0.717) is 0 Å². The van der Waals surface area contributed by atoms with Gasteiger partial charge < -0.3 is 9.47 Å². The molecule has 2 unspecified atom stereocenters. The monoisotopic (exact) mass is 183 g/mol. The number of hydrogen-bond acceptors (Lipinski definition) is 2. The minimum absolute atomic E-state index is 0.247. The molecule has 2 rings (SSSR count). The predicted molar refractivity (Wildman–Crippen MR) is 51.4 cm³/mol. The van der Waals surface area contributed by atoms with Crippen LogP contribution in [0.3, 0.4) is 0 Å². The van der Waals surface area contributed by atoms with E-state index in [9.17, 15) is 0 Å². The second-order valence-electron chi connectivity index (χ2n) is 4.07. The Bertz CT molecular complexity index is 169. The summed E-state index contributed by atoms with van der Waals surface area (Å²) in [4.78, 5) is 0. The summed E-state index contributed by atoms with van der Waals surface area (Å²) in [6.45, 7) is 4.35. The minimum atomic E-state index is 0.247. The molecule has 0 bridgehead atoms. The summed E-state index contributed by atoms with van der Waals surface area (Å²) in [6, 6.07) is 0. The first-order chi connectivity index (χ1) is 6.37. The summed E-state index contributed by atoms with van der Waals surface area (Å²) in [5.74, 6) is 0.828. The molecular weight excluding hydrogens is 164 g/mol. The molecule has 0 N–H and O–H groups in total. The standard InChI is InChI=1S/C11H19O2/c1-2-12-8-9-13-11-6-3-4-10(11)5-7-11/h3,10H,2,4-9H2,1H3. The fourth-order valence-electron chi connectivity index (χ4n) is 2.50. The van der Waals surface area contributed by atoms with Gasteiger partial charge in [0, 0.05) is 6.61 Å². The molecule has 2 nitrogen and oxygen atoms in total. The zero-order chi connectivity index (χ0) is 9.15. The first-order valence-electron chi connectivity index (χ1n) is 5.41. The summed E-state index contributed by atoms with van der Waals surface area (Å²) in [6.07, 6.45) is 7.46. The van der Waals surface area contributed by atoms with Crippen LogP contribution in [0.5, 0.6) is 0 Å². The van der Waals surface area contributed by atoms with E-state index in [0.717, 1.165) is 25.7 Å². The average Bonchev–Trinajstić information content (AvgIpc) is 2.39. The third kappa shape index (κ3) is 1.75. The Morgan fingerprint density at radius 3 is 3.00 bits per heavy atom. The molecule has 75 valence electrons. The van der Waals surface area contributed by atoms with Crippen LogP contribution in [0.2, 0.25) is 0 Å². The van der Waals surface area contributed by atoms with Crippen LogP contribution in [0.4, 0.5) is 0 Å². The van der Waals surface area contributed by atoms with Gasteiger partial charge in [0.2, 0.25) is 0 Å². The predicted octanol–water partition coefficient (Wildman–Crippen LogP) is 2.19. The Morgan fingerprint density at radius 2 is 2.38 bits per heavy atom. The summed E-state index contributed by atoms with van der Waals surface area (Å²) >= 11 is 0. The SMILES string of the molecule is CCOCCOC12C[CH]CC1CC2. The molecule has 0 amide bonds. The van der Waals surface area contributed by atoms with E-state index in [1.54, 1.807) is 0 Å². The smallest absolute Gasteiger partial charge is 0.0714 e. The van der Waals surface area contributed by atoms with Crippen LogP contribution in [-0.2, 0) is 9.47 Å². The van der Waals surface area contributed by atoms with Crippen LogP contribution in [0, 0.1) is 12.3 Å². The maximum absolute atomic E-state index is 5.94. The molecule has 2 fully saturated rings. The van der Waals surface area contributed by atoms with Crippen molar-refractivity contribution < 1.29 is 9.47 Å². The van der Waals surface area contributed by atoms with E-state index in [4.69, 9.17) is 9.47 Å². The van der Waals surface area contributed by atoms with E-state index in [2.05, 4.69) is 6.42 Å². The minimum Gasteiger partial charge on any atom is -0.379 e. The van der Waals surface area contributed by atoms with Gasteiger partial charge in [-0.25, -0.2) is 0 Å².